The number of allylic oxidation sites excluding steroid dienone is 3. The average Bonchev–Trinajstić information content (AvgIpc) is 2.46. The molecule has 2 aliphatic rings. The van der Waals surface area contributed by atoms with E-state index >= 15 is 0 Å². The zero-order valence-corrected chi connectivity index (χ0v) is 13.4. The topological polar surface area (TPSA) is 49.8 Å². The molecule has 1 aliphatic heterocycles. The number of hydrogen-bond acceptors (Lipinski definition) is 3. The number of rotatable bonds is 2. The van der Waals surface area contributed by atoms with E-state index in [9.17, 15) is 9.90 Å². The van der Waals surface area contributed by atoms with Crippen LogP contribution in [-0.4, -0.2) is 41.4 Å². The highest BCUT2D eigenvalue weighted by atomic mass is 16.6. The first-order valence-electron chi connectivity index (χ1n) is 7.80. The van der Waals surface area contributed by atoms with Crippen LogP contribution in [0, 0.1) is 5.41 Å². The van der Waals surface area contributed by atoms with Crippen molar-refractivity contribution in [2.75, 3.05) is 19.7 Å². The highest BCUT2D eigenvalue weighted by molar-refractivity contribution is 5.68. The Morgan fingerprint density at radius 3 is 2.48 bits per heavy atom. The second-order valence-corrected chi connectivity index (χ2v) is 7.05. The number of amides is 1. The van der Waals surface area contributed by atoms with E-state index in [2.05, 4.69) is 18.2 Å². The van der Waals surface area contributed by atoms with Crippen molar-refractivity contribution in [2.24, 2.45) is 5.41 Å². The molecule has 0 saturated carbocycles. The van der Waals surface area contributed by atoms with Crippen LogP contribution in [0.2, 0.25) is 0 Å². The van der Waals surface area contributed by atoms with Crippen LogP contribution in [-0.2, 0) is 4.74 Å². The van der Waals surface area contributed by atoms with Gasteiger partial charge in [-0.1, -0.05) is 23.8 Å². The van der Waals surface area contributed by atoms with Gasteiger partial charge in [-0.15, -0.1) is 0 Å². The SMILES string of the molecule is CC(C)(C)OC(=O)N1CCC(CO)(C2=CCC=CC2)CC1. The first-order chi connectivity index (χ1) is 9.86. The lowest BCUT2D eigenvalue weighted by atomic mass is 9.71. The Bertz CT molecular complexity index is 437. The summed E-state index contributed by atoms with van der Waals surface area (Å²) >= 11 is 0. The fourth-order valence-electron chi connectivity index (χ4n) is 3.06. The third-order valence-electron chi connectivity index (χ3n) is 4.36. The van der Waals surface area contributed by atoms with E-state index in [-0.39, 0.29) is 18.1 Å². The summed E-state index contributed by atoms with van der Waals surface area (Å²) in [5.41, 5.74) is 0.721. The smallest absolute Gasteiger partial charge is 0.410 e. The predicted octanol–water partition coefficient (Wildman–Crippen LogP) is 3.27. The maximum atomic E-state index is 12.1. The van der Waals surface area contributed by atoms with Crippen molar-refractivity contribution in [3.63, 3.8) is 0 Å². The van der Waals surface area contributed by atoms with Gasteiger partial charge in [-0.05, 0) is 46.5 Å². The fourth-order valence-corrected chi connectivity index (χ4v) is 3.06. The minimum atomic E-state index is -0.459. The highest BCUT2D eigenvalue weighted by Crippen LogP contribution is 2.41. The number of ether oxygens (including phenoxy) is 1. The first-order valence-corrected chi connectivity index (χ1v) is 7.80. The number of nitrogens with zero attached hydrogens (tertiary/aromatic N) is 1. The molecule has 0 radical (unpaired) electrons. The fraction of sp³-hybridized carbons (Fsp3) is 0.706. The highest BCUT2D eigenvalue weighted by Gasteiger charge is 2.39. The molecule has 4 heteroatoms. The van der Waals surface area contributed by atoms with Crippen LogP contribution in [0.3, 0.4) is 0 Å². The molecular weight excluding hydrogens is 266 g/mol. The van der Waals surface area contributed by atoms with E-state index in [1.165, 1.54) is 5.57 Å². The second-order valence-electron chi connectivity index (χ2n) is 7.05. The molecule has 1 saturated heterocycles. The molecule has 2 rings (SSSR count). The van der Waals surface area contributed by atoms with Gasteiger partial charge in [0.1, 0.15) is 5.60 Å². The summed E-state index contributed by atoms with van der Waals surface area (Å²) in [6.07, 6.45) is 9.81. The molecule has 4 nitrogen and oxygen atoms in total. The van der Waals surface area contributed by atoms with Crippen LogP contribution < -0.4 is 0 Å². The van der Waals surface area contributed by atoms with Gasteiger partial charge in [-0.25, -0.2) is 4.79 Å². The van der Waals surface area contributed by atoms with Crippen molar-refractivity contribution in [3.05, 3.63) is 23.8 Å². The molecule has 0 aromatic heterocycles. The third-order valence-corrected chi connectivity index (χ3v) is 4.36. The van der Waals surface area contributed by atoms with Gasteiger partial charge >= 0.3 is 6.09 Å². The molecule has 0 atom stereocenters. The van der Waals surface area contributed by atoms with Crippen LogP contribution in [0.25, 0.3) is 0 Å². The van der Waals surface area contributed by atoms with Gasteiger partial charge in [0.05, 0.1) is 6.61 Å². The molecule has 118 valence electrons. The van der Waals surface area contributed by atoms with Gasteiger partial charge < -0.3 is 14.7 Å². The maximum Gasteiger partial charge on any atom is 0.410 e. The Kier molecular flexibility index (Phi) is 4.77. The summed E-state index contributed by atoms with van der Waals surface area (Å²) in [6.45, 7) is 7.10. The van der Waals surface area contributed by atoms with Gasteiger partial charge in [0.25, 0.3) is 0 Å². The van der Waals surface area contributed by atoms with Crippen LogP contribution in [0.1, 0.15) is 46.5 Å². The van der Waals surface area contributed by atoms with E-state index in [0.717, 1.165) is 25.7 Å². The summed E-state index contributed by atoms with van der Waals surface area (Å²) in [7, 11) is 0. The van der Waals surface area contributed by atoms with Gasteiger partial charge in [-0.3, -0.25) is 0 Å². The summed E-state index contributed by atoms with van der Waals surface area (Å²) in [6, 6.07) is 0. The van der Waals surface area contributed by atoms with Crippen LogP contribution >= 0.6 is 0 Å². The predicted molar refractivity (Wildman–Crippen MR) is 83.0 cm³/mol. The average molecular weight is 293 g/mol. The van der Waals surface area contributed by atoms with E-state index in [0.29, 0.717) is 13.1 Å². The summed E-state index contributed by atoms with van der Waals surface area (Å²) in [4.78, 5) is 13.9. The molecule has 0 spiro atoms. The molecule has 0 unspecified atom stereocenters. The molecule has 21 heavy (non-hydrogen) atoms. The number of carbonyl (C=O) groups is 1. The van der Waals surface area contributed by atoms with Gasteiger partial charge in [0, 0.05) is 18.5 Å². The second kappa shape index (κ2) is 6.22. The Morgan fingerprint density at radius 1 is 1.33 bits per heavy atom. The zero-order chi connectivity index (χ0) is 15.5. The minimum Gasteiger partial charge on any atom is -0.444 e. The van der Waals surface area contributed by atoms with E-state index in [1.807, 2.05) is 20.8 Å². The molecule has 0 bridgehead atoms. The molecule has 0 aromatic carbocycles. The molecule has 1 aliphatic carbocycles. The van der Waals surface area contributed by atoms with E-state index in [4.69, 9.17) is 4.74 Å². The first kappa shape index (κ1) is 16.1. The quantitative estimate of drug-likeness (QED) is 0.795. The van der Waals surface area contributed by atoms with Crippen molar-refractivity contribution >= 4 is 6.09 Å². The summed E-state index contributed by atoms with van der Waals surface area (Å²) in [5, 5.41) is 9.91. The van der Waals surface area contributed by atoms with Crippen LogP contribution in [0.4, 0.5) is 4.79 Å². The number of aliphatic hydroxyl groups is 1. The largest absolute Gasteiger partial charge is 0.444 e. The lowest BCUT2D eigenvalue weighted by molar-refractivity contribution is 0.00656. The molecule has 1 N–H and O–H groups in total. The van der Waals surface area contributed by atoms with E-state index in [1.54, 1.807) is 4.90 Å². The normalized spacial score (nSPS) is 21.9. The minimum absolute atomic E-state index is 0.150. The summed E-state index contributed by atoms with van der Waals surface area (Å²) < 4.78 is 5.42. The summed E-state index contributed by atoms with van der Waals surface area (Å²) in [5.74, 6) is 0. The number of piperidine rings is 1. The molecule has 0 aromatic rings. The van der Waals surface area contributed by atoms with E-state index < -0.39 is 5.60 Å². The van der Waals surface area contributed by atoms with Crippen LogP contribution in [0.15, 0.2) is 23.8 Å². The van der Waals surface area contributed by atoms with Crippen molar-refractivity contribution in [1.29, 1.82) is 0 Å². The number of hydrogen-bond donors (Lipinski definition) is 1. The lowest BCUT2D eigenvalue weighted by Crippen LogP contribution is -2.47. The Labute approximate surface area is 127 Å². The number of aliphatic hydroxyl groups excluding tert-OH is 1. The monoisotopic (exact) mass is 293 g/mol. The van der Waals surface area contributed by atoms with Crippen molar-refractivity contribution in [3.8, 4) is 0 Å². The Balaban J connectivity index is 1.97. The van der Waals surface area contributed by atoms with Crippen molar-refractivity contribution < 1.29 is 14.6 Å². The molecule has 1 fully saturated rings. The zero-order valence-electron chi connectivity index (χ0n) is 13.4. The number of carbonyl (C=O) groups excluding carboxylic acids is 1. The Hall–Kier alpha value is -1.29. The van der Waals surface area contributed by atoms with Gasteiger partial charge in [0.15, 0.2) is 0 Å². The molecule has 1 heterocycles. The molecule has 1 amide bonds. The Morgan fingerprint density at radius 2 is 2.00 bits per heavy atom. The third kappa shape index (κ3) is 3.88. The van der Waals surface area contributed by atoms with Crippen molar-refractivity contribution in [2.45, 2.75) is 52.1 Å². The number of likely N-dealkylation sites (tertiary alicyclic amines) is 1. The maximum absolute atomic E-state index is 12.1. The standard InChI is InChI=1S/C17H27NO3/c1-16(2,3)21-15(20)18-11-9-17(13-19,10-12-18)14-7-5-4-6-8-14/h4-5,8,19H,6-7,9-13H2,1-3H3. The lowest BCUT2D eigenvalue weighted by Gasteiger charge is -2.43. The molecular formula is C17H27NO3. The van der Waals surface area contributed by atoms with Crippen LogP contribution in [0.5, 0.6) is 0 Å². The van der Waals surface area contributed by atoms with Gasteiger partial charge in [0.2, 0.25) is 0 Å². The van der Waals surface area contributed by atoms with Gasteiger partial charge in [-0.2, -0.15) is 0 Å². The van der Waals surface area contributed by atoms with Crippen molar-refractivity contribution in [1.82, 2.24) is 4.90 Å².